The second kappa shape index (κ2) is 5.11. The summed E-state index contributed by atoms with van der Waals surface area (Å²) < 4.78 is 8.00. The zero-order chi connectivity index (χ0) is 14.2. The van der Waals surface area contributed by atoms with Gasteiger partial charge in [0.1, 0.15) is 5.60 Å². The summed E-state index contributed by atoms with van der Waals surface area (Å²) in [5, 5.41) is 8.09. The van der Waals surface area contributed by atoms with Crippen molar-refractivity contribution in [3.05, 3.63) is 10.3 Å². The number of ether oxygens (including phenoxy) is 1. The lowest BCUT2D eigenvalue weighted by atomic mass is 10.2. The van der Waals surface area contributed by atoms with Gasteiger partial charge in [-0.15, -0.1) is 5.10 Å². The number of carbonyl (C=O) groups excluding carboxylic acids is 1. The largest absolute Gasteiger partial charge is 0.444 e. The summed E-state index contributed by atoms with van der Waals surface area (Å²) in [6.07, 6.45) is 0.613. The van der Waals surface area contributed by atoms with E-state index in [1.807, 2.05) is 32.4 Å². The Labute approximate surface area is 121 Å². The van der Waals surface area contributed by atoms with Gasteiger partial charge in [0.25, 0.3) is 0 Å². The maximum atomic E-state index is 12.0. The van der Waals surface area contributed by atoms with Gasteiger partial charge in [0.05, 0.1) is 11.7 Å². The SMILES string of the molecule is Cc1c(Br)nnn1C1CCN(C(=O)OC(C)(C)C)C1. The molecule has 0 N–H and O–H groups in total. The molecule has 106 valence electrons. The molecule has 1 atom stereocenters. The van der Waals surface area contributed by atoms with Gasteiger partial charge in [-0.3, -0.25) is 0 Å². The molecule has 0 saturated carbocycles. The van der Waals surface area contributed by atoms with E-state index in [0.29, 0.717) is 13.1 Å². The van der Waals surface area contributed by atoms with Crippen molar-refractivity contribution in [2.75, 3.05) is 13.1 Å². The number of halogens is 1. The summed E-state index contributed by atoms with van der Waals surface area (Å²) in [4.78, 5) is 13.7. The Balaban J connectivity index is 2.00. The predicted molar refractivity (Wildman–Crippen MR) is 73.9 cm³/mol. The van der Waals surface area contributed by atoms with Crippen LogP contribution in [0.25, 0.3) is 0 Å². The molecule has 0 radical (unpaired) electrons. The van der Waals surface area contributed by atoms with E-state index in [2.05, 4.69) is 26.2 Å². The molecule has 1 aromatic heterocycles. The first kappa shape index (κ1) is 14.3. The van der Waals surface area contributed by atoms with Crippen molar-refractivity contribution in [1.82, 2.24) is 19.9 Å². The quantitative estimate of drug-likeness (QED) is 0.793. The average molecular weight is 331 g/mol. The third kappa shape index (κ3) is 3.26. The van der Waals surface area contributed by atoms with Crippen molar-refractivity contribution < 1.29 is 9.53 Å². The van der Waals surface area contributed by atoms with Gasteiger partial charge in [0.2, 0.25) is 0 Å². The van der Waals surface area contributed by atoms with Crippen molar-refractivity contribution >= 4 is 22.0 Å². The first-order chi connectivity index (χ1) is 8.78. The van der Waals surface area contributed by atoms with E-state index in [4.69, 9.17) is 4.74 Å². The number of likely N-dealkylation sites (tertiary alicyclic amines) is 1. The third-order valence-electron chi connectivity index (χ3n) is 3.03. The number of nitrogens with zero attached hydrogens (tertiary/aromatic N) is 4. The molecule has 1 unspecified atom stereocenters. The van der Waals surface area contributed by atoms with E-state index < -0.39 is 5.60 Å². The molecule has 7 heteroatoms. The molecule has 1 fully saturated rings. The van der Waals surface area contributed by atoms with Crippen molar-refractivity contribution in [3.63, 3.8) is 0 Å². The Bertz CT molecular complexity index is 481. The lowest BCUT2D eigenvalue weighted by Crippen LogP contribution is -2.35. The van der Waals surface area contributed by atoms with E-state index in [-0.39, 0.29) is 12.1 Å². The molecule has 19 heavy (non-hydrogen) atoms. The zero-order valence-corrected chi connectivity index (χ0v) is 13.3. The highest BCUT2D eigenvalue weighted by Crippen LogP contribution is 2.25. The maximum absolute atomic E-state index is 12.0. The molecule has 6 nitrogen and oxygen atoms in total. The minimum atomic E-state index is -0.457. The van der Waals surface area contributed by atoms with Crippen LogP contribution in [-0.4, -0.2) is 44.7 Å². The Hall–Kier alpha value is -1.11. The van der Waals surface area contributed by atoms with Gasteiger partial charge in [0.15, 0.2) is 4.60 Å². The normalized spacial score (nSPS) is 19.8. The van der Waals surface area contributed by atoms with E-state index in [1.54, 1.807) is 4.90 Å². The molecule has 1 saturated heterocycles. The minimum Gasteiger partial charge on any atom is -0.444 e. The van der Waals surface area contributed by atoms with Gasteiger partial charge in [-0.25, -0.2) is 9.48 Å². The van der Waals surface area contributed by atoms with Crippen LogP contribution in [0, 0.1) is 6.92 Å². The van der Waals surface area contributed by atoms with Crippen LogP contribution in [0.1, 0.15) is 38.9 Å². The summed E-state index contributed by atoms with van der Waals surface area (Å²) >= 11 is 3.35. The topological polar surface area (TPSA) is 60.2 Å². The summed E-state index contributed by atoms with van der Waals surface area (Å²) in [6, 6.07) is 0.173. The highest BCUT2D eigenvalue weighted by atomic mass is 79.9. The van der Waals surface area contributed by atoms with Gasteiger partial charge < -0.3 is 9.64 Å². The minimum absolute atomic E-state index is 0.173. The molecular formula is C12H19BrN4O2. The molecule has 0 aliphatic carbocycles. The second-order valence-electron chi connectivity index (χ2n) is 5.78. The highest BCUT2D eigenvalue weighted by molar-refractivity contribution is 9.10. The summed E-state index contributed by atoms with van der Waals surface area (Å²) in [5.41, 5.74) is 0.525. The third-order valence-corrected chi connectivity index (χ3v) is 3.76. The molecule has 0 bridgehead atoms. The van der Waals surface area contributed by atoms with Crippen LogP contribution in [0.2, 0.25) is 0 Å². The average Bonchev–Trinajstić information content (AvgIpc) is 2.85. The summed E-state index contributed by atoms with van der Waals surface area (Å²) in [5.74, 6) is 0. The highest BCUT2D eigenvalue weighted by Gasteiger charge is 2.32. The van der Waals surface area contributed by atoms with Crippen LogP contribution in [-0.2, 0) is 4.74 Å². The lowest BCUT2D eigenvalue weighted by Gasteiger charge is -2.24. The van der Waals surface area contributed by atoms with Gasteiger partial charge >= 0.3 is 6.09 Å². The van der Waals surface area contributed by atoms with E-state index in [1.165, 1.54) is 0 Å². The lowest BCUT2D eigenvalue weighted by molar-refractivity contribution is 0.0288. The number of rotatable bonds is 1. The van der Waals surface area contributed by atoms with Crippen LogP contribution < -0.4 is 0 Å². The maximum Gasteiger partial charge on any atom is 0.410 e. The Morgan fingerprint density at radius 1 is 1.47 bits per heavy atom. The molecule has 2 rings (SSSR count). The van der Waals surface area contributed by atoms with E-state index in [9.17, 15) is 4.79 Å². The van der Waals surface area contributed by atoms with Crippen molar-refractivity contribution in [1.29, 1.82) is 0 Å². The Morgan fingerprint density at radius 2 is 2.16 bits per heavy atom. The molecule has 2 heterocycles. The van der Waals surface area contributed by atoms with E-state index >= 15 is 0 Å². The number of aromatic nitrogens is 3. The number of hydrogen-bond donors (Lipinski definition) is 0. The smallest absolute Gasteiger partial charge is 0.410 e. The van der Waals surface area contributed by atoms with Gasteiger partial charge in [0, 0.05) is 13.1 Å². The molecule has 1 aliphatic heterocycles. The van der Waals surface area contributed by atoms with Crippen LogP contribution in [0.3, 0.4) is 0 Å². The number of hydrogen-bond acceptors (Lipinski definition) is 4. The fraction of sp³-hybridized carbons (Fsp3) is 0.750. The van der Waals surface area contributed by atoms with Gasteiger partial charge in [-0.2, -0.15) is 0 Å². The Morgan fingerprint density at radius 3 is 2.68 bits per heavy atom. The fourth-order valence-corrected chi connectivity index (χ4v) is 2.35. The molecule has 0 spiro atoms. The standard InChI is InChI=1S/C12H19BrN4O2/c1-8-10(13)14-15-17(8)9-5-6-16(7-9)11(18)19-12(2,3)4/h9H,5-7H2,1-4H3. The van der Waals surface area contributed by atoms with Crippen LogP contribution in [0.15, 0.2) is 4.60 Å². The fourth-order valence-electron chi connectivity index (χ4n) is 2.10. The molecule has 1 amide bonds. The first-order valence-corrected chi connectivity index (χ1v) is 7.12. The van der Waals surface area contributed by atoms with Crippen molar-refractivity contribution in [2.24, 2.45) is 0 Å². The van der Waals surface area contributed by atoms with E-state index in [0.717, 1.165) is 16.7 Å². The number of carbonyl (C=O) groups is 1. The molecule has 1 aromatic rings. The van der Waals surface area contributed by atoms with Crippen LogP contribution >= 0.6 is 15.9 Å². The summed E-state index contributed by atoms with van der Waals surface area (Å²) in [7, 11) is 0. The molecular weight excluding hydrogens is 312 g/mol. The van der Waals surface area contributed by atoms with Crippen molar-refractivity contribution in [2.45, 2.75) is 45.8 Å². The van der Waals surface area contributed by atoms with Crippen LogP contribution in [0.4, 0.5) is 4.79 Å². The molecule has 1 aliphatic rings. The molecule has 0 aromatic carbocycles. The monoisotopic (exact) mass is 330 g/mol. The second-order valence-corrected chi connectivity index (χ2v) is 6.53. The van der Waals surface area contributed by atoms with Crippen LogP contribution in [0.5, 0.6) is 0 Å². The summed E-state index contributed by atoms with van der Waals surface area (Å²) in [6.45, 7) is 8.88. The van der Waals surface area contributed by atoms with Crippen molar-refractivity contribution in [3.8, 4) is 0 Å². The number of amides is 1. The first-order valence-electron chi connectivity index (χ1n) is 6.33. The van der Waals surface area contributed by atoms with Gasteiger partial charge in [-0.05, 0) is 50.0 Å². The van der Waals surface area contributed by atoms with Gasteiger partial charge in [-0.1, -0.05) is 5.21 Å². The predicted octanol–water partition coefficient (Wildman–Crippen LogP) is 2.53. The Kier molecular flexibility index (Phi) is 3.85. The zero-order valence-electron chi connectivity index (χ0n) is 11.7.